The molecular weight excluding hydrogens is 276 g/mol. The Hall–Kier alpha value is -2.88. The number of hydrogen-bond donors (Lipinski definition) is 2. The number of carbonyl (C=O) groups excluding carboxylic acids is 2. The van der Waals surface area contributed by atoms with Crippen molar-refractivity contribution in [3.8, 4) is 0 Å². The average molecular weight is 293 g/mol. The van der Waals surface area contributed by atoms with Gasteiger partial charge < -0.3 is 5.73 Å². The van der Waals surface area contributed by atoms with E-state index in [1.165, 1.54) is 6.42 Å². The molecule has 2 aromatic carbocycles. The lowest BCUT2D eigenvalue weighted by molar-refractivity contribution is -0.116. The number of benzene rings is 2. The van der Waals surface area contributed by atoms with Crippen LogP contribution in [0.5, 0.6) is 0 Å². The molecule has 0 fully saturated rings. The Balaban J connectivity index is 2.17. The smallest absolute Gasteiger partial charge is 0.318 e. The number of hydrogen-bond acceptors (Lipinski definition) is 2. The van der Waals surface area contributed by atoms with Gasteiger partial charge in [0.05, 0.1) is 6.42 Å². The van der Waals surface area contributed by atoms with Crippen molar-refractivity contribution in [2.24, 2.45) is 5.73 Å². The molecule has 4 nitrogen and oxygen atoms in total. The third kappa shape index (κ3) is 4.90. The van der Waals surface area contributed by atoms with E-state index in [1.54, 1.807) is 0 Å². The van der Waals surface area contributed by atoms with Crippen LogP contribution in [-0.2, 0) is 4.79 Å². The van der Waals surface area contributed by atoms with Crippen molar-refractivity contribution in [1.29, 1.82) is 0 Å². The van der Waals surface area contributed by atoms with E-state index in [4.69, 9.17) is 5.73 Å². The van der Waals surface area contributed by atoms with Gasteiger partial charge in [-0.1, -0.05) is 72.8 Å². The third-order valence-electron chi connectivity index (χ3n) is 3.06. The minimum Gasteiger partial charge on any atom is -0.351 e. The maximum Gasteiger partial charge on any atom is 0.318 e. The summed E-state index contributed by atoms with van der Waals surface area (Å²) in [5, 5.41) is 2.05. The number of nitrogens with one attached hydrogen (secondary N) is 1. The Kier molecular flexibility index (Phi) is 5.49. The van der Waals surface area contributed by atoms with Crippen LogP contribution in [0.1, 0.15) is 17.0 Å². The zero-order valence-electron chi connectivity index (χ0n) is 12.0. The van der Waals surface area contributed by atoms with Crippen LogP contribution in [0.25, 0.3) is 6.08 Å². The third-order valence-corrected chi connectivity index (χ3v) is 3.06. The van der Waals surface area contributed by atoms with E-state index in [0.717, 1.165) is 11.1 Å². The van der Waals surface area contributed by atoms with Crippen LogP contribution in [-0.4, -0.2) is 11.9 Å². The molecule has 0 saturated heterocycles. The minimum absolute atomic E-state index is 0.249. The van der Waals surface area contributed by atoms with E-state index in [9.17, 15) is 9.59 Å². The lowest BCUT2D eigenvalue weighted by atomic mass is 9.94. The largest absolute Gasteiger partial charge is 0.351 e. The van der Waals surface area contributed by atoms with E-state index in [-0.39, 0.29) is 5.92 Å². The summed E-state index contributed by atoms with van der Waals surface area (Å²) in [7, 11) is 0. The summed E-state index contributed by atoms with van der Waals surface area (Å²) in [6, 6.07) is 18.5. The summed E-state index contributed by atoms with van der Waals surface area (Å²) >= 11 is 0. The van der Waals surface area contributed by atoms with Crippen LogP contribution in [0.2, 0.25) is 0 Å². The summed E-state index contributed by atoms with van der Waals surface area (Å²) in [5.41, 5.74) is 6.95. The van der Waals surface area contributed by atoms with Crippen molar-refractivity contribution in [1.82, 2.24) is 5.32 Å². The Bertz CT molecular complexity index is 651. The van der Waals surface area contributed by atoms with Gasteiger partial charge in [0.25, 0.3) is 0 Å². The summed E-state index contributed by atoms with van der Waals surface area (Å²) in [4.78, 5) is 22.5. The summed E-state index contributed by atoms with van der Waals surface area (Å²) < 4.78 is 0. The second kappa shape index (κ2) is 7.78. The minimum atomic E-state index is -0.861. The first-order valence-corrected chi connectivity index (χ1v) is 6.88. The first-order valence-electron chi connectivity index (χ1n) is 6.88. The summed E-state index contributed by atoms with van der Waals surface area (Å²) in [6.45, 7) is 0. The fourth-order valence-electron chi connectivity index (χ4n) is 2.04. The lowest BCUT2D eigenvalue weighted by Gasteiger charge is -2.12. The molecule has 0 aliphatic carbocycles. The normalized spacial score (nSPS) is 12.0. The number of primary amides is 1. The first kappa shape index (κ1) is 15.5. The molecule has 3 N–H and O–H groups in total. The van der Waals surface area contributed by atoms with E-state index in [1.807, 2.05) is 72.8 Å². The van der Waals surface area contributed by atoms with Gasteiger partial charge in [-0.15, -0.1) is 0 Å². The number of allylic oxidation sites excluding steroid dienone is 1. The number of urea groups is 1. The second-order valence-corrected chi connectivity index (χ2v) is 4.73. The van der Waals surface area contributed by atoms with E-state index in [0.29, 0.717) is 0 Å². The molecule has 2 rings (SSSR count). The highest BCUT2D eigenvalue weighted by atomic mass is 16.2. The standard InChI is InChI=1S/C18H17N2O2/c19-18(22)20-17(21)13-16(15-9-5-2-6-10-15)12-11-14-7-3-1-4-8-14/h1-13,16H,(H3,19,20,21,22)/b12-11+. The molecule has 111 valence electrons. The average Bonchev–Trinajstić information content (AvgIpc) is 2.52. The van der Waals surface area contributed by atoms with Crippen molar-refractivity contribution >= 4 is 18.0 Å². The van der Waals surface area contributed by atoms with Gasteiger partial charge in [0, 0.05) is 5.92 Å². The lowest BCUT2D eigenvalue weighted by Crippen LogP contribution is -2.35. The van der Waals surface area contributed by atoms with Gasteiger partial charge >= 0.3 is 6.03 Å². The molecule has 0 spiro atoms. The van der Waals surface area contributed by atoms with Crippen LogP contribution >= 0.6 is 0 Å². The van der Waals surface area contributed by atoms with Gasteiger partial charge in [-0.25, -0.2) is 4.79 Å². The zero-order valence-corrected chi connectivity index (χ0v) is 12.0. The molecule has 0 bridgehead atoms. The van der Waals surface area contributed by atoms with E-state index in [2.05, 4.69) is 5.32 Å². The van der Waals surface area contributed by atoms with Gasteiger partial charge in [-0.05, 0) is 11.1 Å². The maximum atomic E-state index is 11.7. The van der Waals surface area contributed by atoms with Crippen LogP contribution in [0.4, 0.5) is 4.79 Å². The highest BCUT2D eigenvalue weighted by molar-refractivity contribution is 5.98. The van der Waals surface area contributed by atoms with Crippen molar-refractivity contribution in [3.63, 3.8) is 0 Å². The maximum absolute atomic E-state index is 11.7. The molecule has 4 heteroatoms. The number of amides is 3. The van der Waals surface area contributed by atoms with Crippen LogP contribution in [0.15, 0.2) is 66.7 Å². The molecule has 2 aromatic rings. The van der Waals surface area contributed by atoms with Gasteiger partial charge in [0.2, 0.25) is 5.91 Å². The zero-order chi connectivity index (χ0) is 15.8. The Morgan fingerprint density at radius 3 is 2.14 bits per heavy atom. The number of nitrogens with two attached hydrogens (primary N) is 1. The molecule has 1 unspecified atom stereocenters. The van der Waals surface area contributed by atoms with Crippen molar-refractivity contribution in [2.45, 2.75) is 5.92 Å². The van der Waals surface area contributed by atoms with Crippen LogP contribution < -0.4 is 11.1 Å². The Morgan fingerprint density at radius 1 is 0.955 bits per heavy atom. The fraction of sp³-hybridized carbons (Fsp3) is 0.0556. The SMILES string of the molecule is NC(=O)NC(=O)[CH]C(/C=C/c1ccccc1)c1ccccc1. The molecule has 1 atom stereocenters. The highest BCUT2D eigenvalue weighted by Crippen LogP contribution is 2.21. The van der Waals surface area contributed by atoms with Gasteiger partial charge in [-0.2, -0.15) is 0 Å². The first-order chi connectivity index (χ1) is 10.6. The second-order valence-electron chi connectivity index (χ2n) is 4.73. The molecule has 22 heavy (non-hydrogen) atoms. The molecule has 0 aliphatic heterocycles. The molecule has 1 radical (unpaired) electrons. The van der Waals surface area contributed by atoms with Crippen LogP contribution in [0, 0.1) is 6.42 Å². The molecule has 3 amide bonds. The monoisotopic (exact) mass is 293 g/mol. The molecule has 0 saturated carbocycles. The van der Waals surface area contributed by atoms with Gasteiger partial charge in [-0.3, -0.25) is 10.1 Å². The fourth-order valence-corrected chi connectivity index (χ4v) is 2.04. The van der Waals surface area contributed by atoms with Crippen molar-refractivity contribution < 1.29 is 9.59 Å². The predicted molar refractivity (Wildman–Crippen MR) is 86.7 cm³/mol. The van der Waals surface area contributed by atoms with E-state index < -0.39 is 11.9 Å². The topological polar surface area (TPSA) is 72.2 Å². The van der Waals surface area contributed by atoms with Crippen LogP contribution in [0.3, 0.4) is 0 Å². The summed E-state index contributed by atoms with van der Waals surface area (Å²) in [6.07, 6.45) is 5.27. The number of rotatable bonds is 5. The number of carbonyl (C=O) groups is 2. The number of imide groups is 1. The van der Waals surface area contributed by atoms with Crippen molar-refractivity contribution in [3.05, 3.63) is 84.3 Å². The van der Waals surface area contributed by atoms with Gasteiger partial charge in [0.1, 0.15) is 0 Å². The van der Waals surface area contributed by atoms with Crippen molar-refractivity contribution in [2.75, 3.05) is 0 Å². The van der Waals surface area contributed by atoms with Gasteiger partial charge in [0.15, 0.2) is 0 Å². The molecule has 0 aliphatic rings. The quantitative estimate of drug-likeness (QED) is 0.889. The van der Waals surface area contributed by atoms with E-state index >= 15 is 0 Å². The highest BCUT2D eigenvalue weighted by Gasteiger charge is 2.14. The predicted octanol–water partition coefficient (Wildman–Crippen LogP) is 2.88. The Labute approximate surface area is 129 Å². The Morgan fingerprint density at radius 2 is 1.55 bits per heavy atom. The molecule has 0 aromatic heterocycles. The molecular formula is C18H17N2O2. The molecule has 0 heterocycles. The summed E-state index contributed by atoms with van der Waals surface area (Å²) in [5.74, 6) is -0.764.